The highest BCUT2D eigenvalue weighted by molar-refractivity contribution is 6.31. The number of benzene rings is 2. The molecule has 5 nitrogen and oxygen atoms in total. The number of hydrogen-bond donors (Lipinski definition) is 3. The van der Waals surface area contributed by atoms with Crippen LogP contribution in [0.5, 0.6) is 0 Å². The molecule has 27 heavy (non-hydrogen) atoms. The van der Waals surface area contributed by atoms with Crippen molar-refractivity contribution >= 4 is 34.8 Å². The number of amides is 2. The lowest BCUT2D eigenvalue weighted by molar-refractivity contribution is -0.862. The summed E-state index contributed by atoms with van der Waals surface area (Å²) in [5, 5.41) is 5.51. The van der Waals surface area contributed by atoms with E-state index in [-0.39, 0.29) is 29.9 Å². The van der Waals surface area contributed by atoms with Crippen LogP contribution in [-0.4, -0.2) is 32.0 Å². The van der Waals surface area contributed by atoms with Crippen molar-refractivity contribution in [2.45, 2.75) is 20.8 Å². The van der Waals surface area contributed by atoms with Crippen LogP contribution in [0.4, 0.5) is 15.8 Å². The van der Waals surface area contributed by atoms with Crippen molar-refractivity contribution in [1.29, 1.82) is 0 Å². The minimum atomic E-state index is -0.546. The van der Waals surface area contributed by atoms with Crippen molar-refractivity contribution in [3.63, 3.8) is 0 Å². The Morgan fingerprint density at radius 1 is 1.00 bits per heavy atom. The first-order valence-corrected chi connectivity index (χ1v) is 8.97. The van der Waals surface area contributed by atoms with Crippen molar-refractivity contribution in [3.05, 3.63) is 57.9 Å². The number of anilines is 2. The third kappa shape index (κ3) is 6.05. The smallest absolute Gasteiger partial charge is 0.279 e. The van der Waals surface area contributed by atoms with Gasteiger partial charge in [-0.3, -0.25) is 9.59 Å². The number of quaternary nitrogens is 1. The van der Waals surface area contributed by atoms with E-state index in [4.69, 9.17) is 11.6 Å². The Bertz CT molecular complexity index is 847. The molecule has 0 fully saturated rings. The van der Waals surface area contributed by atoms with E-state index in [1.54, 1.807) is 7.05 Å². The Morgan fingerprint density at radius 2 is 1.56 bits per heavy atom. The second kappa shape index (κ2) is 8.97. The molecule has 2 aromatic rings. The van der Waals surface area contributed by atoms with Gasteiger partial charge in [0.15, 0.2) is 13.1 Å². The first kappa shape index (κ1) is 20.9. The summed E-state index contributed by atoms with van der Waals surface area (Å²) < 4.78 is 13.2. The third-order valence-corrected chi connectivity index (χ3v) is 4.36. The summed E-state index contributed by atoms with van der Waals surface area (Å²) in [4.78, 5) is 25.1. The maximum absolute atomic E-state index is 13.2. The first-order chi connectivity index (χ1) is 12.7. The van der Waals surface area contributed by atoms with Gasteiger partial charge in [0.05, 0.1) is 12.1 Å². The van der Waals surface area contributed by atoms with E-state index in [2.05, 4.69) is 10.6 Å². The van der Waals surface area contributed by atoms with Gasteiger partial charge >= 0.3 is 0 Å². The summed E-state index contributed by atoms with van der Waals surface area (Å²) in [6, 6.07) is 8.00. The van der Waals surface area contributed by atoms with Crippen molar-refractivity contribution in [2.24, 2.45) is 0 Å². The zero-order valence-corrected chi connectivity index (χ0v) is 16.6. The lowest BCUT2D eigenvalue weighted by atomic mass is 10.1. The van der Waals surface area contributed by atoms with Crippen molar-refractivity contribution in [1.82, 2.24) is 0 Å². The van der Waals surface area contributed by atoms with Crippen LogP contribution in [0.3, 0.4) is 0 Å². The molecule has 7 heteroatoms. The molecule has 2 amide bonds. The highest BCUT2D eigenvalue weighted by Gasteiger charge is 2.16. The van der Waals surface area contributed by atoms with E-state index in [0.29, 0.717) is 5.69 Å². The molecule has 0 heterocycles. The second-order valence-electron chi connectivity index (χ2n) is 6.81. The van der Waals surface area contributed by atoms with E-state index in [1.807, 2.05) is 32.9 Å². The SMILES string of the molecule is Cc1cc(C)c(NC(=O)C[NH+](C)CC(=O)Nc2ccc(F)c(Cl)c2)c(C)c1. The summed E-state index contributed by atoms with van der Waals surface area (Å²) in [5.41, 5.74) is 4.37. The molecule has 1 unspecified atom stereocenters. The van der Waals surface area contributed by atoms with E-state index in [0.717, 1.165) is 27.3 Å². The molecule has 0 aliphatic heterocycles. The van der Waals surface area contributed by atoms with Gasteiger partial charge in [-0.1, -0.05) is 29.3 Å². The summed E-state index contributed by atoms with van der Waals surface area (Å²) in [5.74, 6) is -0.998. The number of carbonyl (C=O) groups is 2. The monoisotopic (exact) mass is 392 g/mol. The normalized spacial score (nSPS) is 11.8. The largest absolute Gasteiger partial charge is 0.322 e. The average Bonchev–Trinajstić information content (AvgIpc) is 2.54. The van der Waals surface area contributed by atoms with Crippen LogP contribution >= 0.6 is 11.6 Å². The minimum Gasteiger partial charge on any atom is -0.322 e. The van der Waals surface area contributed by atoms with Crippen LogP contribution in [0.1, 0.15) is 16.7 Å². The fraction of sp³-hybridized carbons (Fsp3) is 0.300. The second-order valence-corrected chi connectivity index (χ2v) is 7.22. The fourth-order valence-corrected chi connectivity index (χ4v) is 3.13. The maximum atomic E-state index is 13.2. The zero-order valence-electron chi connectivity index (χ0n) is 15.9. The molecule has 3 N–H and O–H groups in total. The summed E-state index contributed by atoms with van der Waals surface area (Å²) in [6.07, 6.45) is 0. The van der Waals surface area contributed by atoms with Crippen LogP contribution in [0.15, 0.2) is 30.3 Å². The molecule has 0 aromatic heterocycles. The quantitative estimate of drug-likeness (QED) is 0.707. The molecule has 0 spiro atoms. The Kier molecular flexibility index (Phi) is 6.93. The third-order valence-electron chi connectivity index (χ3n) is 4.07. The van der Waals surface area contributed by atoms with Crippen LogP contribution < -0.4 is 15.5 Å². The van der Waals surface area contributed by atoms with E-state index >= 15 is 0 Å². The van der Waals surface area contributed by atoms with Crippen LogP contribution in [0.2, 0.25) is 5.02 Å². The van der Waals surface area contributed by atoms with Gasteiger partial charge in [0.2, 0.25) is 0 Å². The Morgan fingerprint density at radius 3 is 2.11 bits per heavy atom. The maximum Gasteiger partial charge on any atom is 0.279 e. The predicted molar refractivity (Wildman–Crippen MR) is 106 cm³/mol. The molecular formula is C20H24ClFN3O2+. The highest BCUT2D eigenvalue weighted by atomic mass is 35.5. The molecule has 0 aliphatic carbocycles. The van der Waals surface area contributed by atoms with E-state index in [9.17, 15) is 14.0 Å². The number of hydrogen-bond acceptors (Lipinski definition) is 2. The molecule has 0 saturated carbocycles. The average molecular weight is 393 g/mol. The number of likely N-dealkylation sites (N-methyl/N-ethyl adjacent to an activating group) is 1. The number of carbonyl (C=O) groups excluding carboxylic acids is 2. The molecule has 2 aromatic carbocycles. The molecule has 0 saturated heterocycles. The van der Waals surface area contributed by atoms with E-state index < -0.39 is 5.82 Å². The number of halogens is 2. The molecule has 1 atom stereocenters. The Labute approximate surface area is 163 Å². The van der Waals surface area contributed by atoms with Gasteiger partial charge in [0, 0.05) is 11.4 Å². The summed E-state index contributed by atoms with van der Waals surface area (Å²) in [7, 11) is 1.76. The summed E-state index contributed by atoms with van der Waals surface area (Å²) >= 11 is 5.70. The molecular weight excluding hydrogens is 369 g/mol. The van der Waals surface area contributed by atoms with Gasteiger partial charge in [-0.15, -0.1) is 0 Å². The zero-order chi connectivity index (χ0) is 20.1. The van der Waals surface area contributed by atoms with Crippen molar-refractivity contribution in [2.75, 3.05) is 30.8 Å². The topological polar surface area (TPSA) is 62.6 Å². The van der Waals surface area contributed by atoms with Crippen LogP contribution in [0, 0.1) is 26.6 Å². The van der Waals surface area contributed by atoms with Crippen LogP contribution in [0.25, 0.3) is 0 Å². The summed E-state index contributed by atoms with van der Waals surface area (Å²) in [6.45, 7) is 6.15. The van der Waals surface area contributed by atoms with Gasteiger partial charge in [-0.2, -0.15) is 0 Å². The number of aryl methyl sites for hydroxylation is 3. The van der Waals surface area contributed by atoms with Crippen molar-refractivity contribution in [3.8, 4) is 0 Å². The first-order valence-electron chi connectivity index (χ1n) is 8.59. The molecule has 0 bridgehead atoms. The molecule has 0 radical (unpaired) electrons. The Balaban J connectivity index is 1.89. The molecule has 144 valence electrons. The molecule has 0 aliphatic rings. The van der Waals surface area contributed by atoms with Crippen LogP contribution in [-0.2, 0) is 9.59 Å². The highest BCUT2D eigenvalue weighted by Crippen LogP contribution is 2.21. The lowest BCUT2D eigenvalue weighted by Gasteiger charge is -2.16. The van der Waals surface area contributed by atoms with E-state index in [1.165, 1.54) is 18.2 Å². The predicted octanol–water partition coefficient (Wildman–Crippen LogP) is 2.50. The van der Waals surface area contributed by atoms with Gasteiger partial charge in [-0.05, 0) is 50.1 Å². The Hall–Kier alpha value is -2.44. The van der Waals surface area contributed by atoms with Gasteiger partial charge in [0.1, 0.15) is 5.82 Å². The minimum absolute atomic E-state index is 0.0586. The van der Waals surface area contributed by atoms with Crippen molar-refractivity contribution < 1.29 is 18.9 Å². The van der Waals surface area contributed by atoms with Gasteiger partial charge in [-0.25, -0.2) is 4.39 Å². The molecule has 2 rings (SSSR count). The van der Waals surface area contributed by atoms with Gasteiger partial charge in [0.25, 0.3) is 11.8 Å². The fourth-order valence-electron chi connectivity index (χ4n) is 2.95. The lowest BCUT2D eigenvalue weighted by Crippen LogP contribution is -3.11. The number of nitrogens with one attached hydrogen (secondary N) is 3. The number of rotatable bonds is 6. The standard InChI is InChI=1S/C20H23ClFN3O2/c1-12-7-13(2)20(14(3)8-12)24-19(27)11-25(4)10-18(26)23-15-5-6-17(22)16(21)9-15/h5-9H,10-11H2,1-4H3,(H,23,26)(H,24,27)/p+1. The van der Waals surface area contributed by atoms with Gasteiger partial charge < -0.3 is 15.5 Å².